The third-order valence-corrected chi connectivity index (χ3v) is 11.9. The van der Waals surface area contributed by atoms with E-state index in [1.54, 1.807) is 0 Å². The third-order valence-electron chi connectivity index (χ3n) is 11.9. The first-order valence-electron chi connectivity index (χ1n) is 16.2. The highest BCUT2D eigenvalue weighted by molar-refractivity contribution is 5.91. The Bertz CT molecular complexity index is 1420. The molecule has 5 heteroatoms. The van der Waals surface area contributed by atoms with Crippen molar-refractivity contribution >= 4 is 5.97 Å². The van der Waals surface area contributed by atoms with Gasteiger partial charge in [0.15, 0.2) is 0 Å². The summed E-state index contributed by atoms with van der Waals surface area (Å²) in [5.41, 5.74) is 2.16. The fraction of sp³-hybridized carbons (Fsp3) is 0.462. The summed E-state index contributed by atoms with van der Waals surface area (Å²) in [6, 6.07) is 31.4. The Morgan fingerprint density at radius 1 is 0.818 bits per heavy atom. The largest absolute Gasteiger partial charge is 0.458 e. The Morgan fingerprint density at radius 2 is 1.39 bits per heavy atom. The number of rotatable bonds is 7. The molecule has 3 aromatic carbocycles. The summed E-state index contributed by atoms with van der Waals surface area (Å²) in [5, 5.41) is 11.9. The number of aliphatic hydroxyl groups excluding tert-OH is 1. The molecule has 2 aliphatic heterocycles. The van der Waals surface area contributed by atoms with E-state index in [2.05, 4.69) is 93.6 Å². The Balaban J connectivity index is 1.27. The molecule has 3 fully saturated rings. The van der Waals surface area contributed by atoms with Crippen molar-refractivity contribution in [1.29, 1.82) is 0 Å². The minimum absolute atomic E-state index is 0.0724. The van der Waals surface area contributed by atoms with E-state index in [0.29, 0.717) is 25.2 Å². The monoisotopic (exact) mass is 592 g/mol. The zero-order chi connectivity index (χ0) is 30.6. The second kappa shape index (κ2) is 11.0. The van der Waals surface area contributed by atoms with Crippen molar-refractivity contribution < 1.29 is 24.1 Å². The van der Waals surface area contributed by atoms with Crippen LogP contribution >= 0.6 is 0 Å². The molecule has 7 atom stereocenters. The van der Waals surface area contributed by atoms with E-state index in [4.69, 9.17) is 14.2 Å². The minimum Gasteiger partial charge on any atom is -0.458 e. The number of cyclic esters (lactones) is 1. The van der Waals surface area contributed by atoms with Gasteiger partial charge in [0, 0.05) is 5.41 Å². The second-order valence-corrected chi connectivity index (χ2v) is 14.2. The van der Waals surface area contributed by atoms with Crippen LogP contribution in [0.1, 0.15) is 69.6 Å². The van der Waals surface area contributed by atoms with Crippen LogP contribution in [0.5, 0.6) is 0 Å². The smallest absolute Gasteiger partial charge is 0.336 e. The standard InChI is InChI=1S/C39H44O5/c1-36-22-20-34(40)37(2,32(36)19-23-38(3)33(36)25-31(44-38)30-21-24-42-35(30)41)26-43-39(27-13-7-4-8-14-27,28-15-9-5-10-16-28)29-17-11-6-12-18-29/h4-18,21,31-34,40H,19-20,22-26H2,1-3H3/t31?,32-,33-,34+,36+,37-,38+/m0/s1. The van der Waals surface area contributed by atoms with Gasteiger partial charge in [-0.05, 0) is 79.0 Å². The third kappa shape index (κ3) is 4.50. The topological polar surface area (TPSA) is 65.0 Å². The number of aliphatic hydroxyl groups is 1. The van der Waals surface area contributed by atoms with Gasteiger partial charge < -0.3 is 19.3 Å². The highest BCUT2D eigenvalue weighted by Crippen LogP contribution is 2.66. The molecule has 1 N–H and O–H groups in total. The number of hydrogen-bond donors (Lipinski definition) is 1. The van der Waals surface area contributed by atoms with Crippen molar-refractivity contribution in [2.75, 3.05) is 13.2 Å². The number of carbonyl (C=O) groups excluding carboxylic acids is 1. The van der Waals surface area contributed by atoms with Crippen molar-refractivity contribution in [2.45, 2.75) is 76.3 Å². The van der Waals surface area contributed by atoms with E-state index in [-0.39, 0.29) is 34.9 Å². The van der Waals surface area contributed by atoms with Crippen molar-refractivity contribution in [2.24, 2.45) is 22.7 Å². The molecule has 44 heavy (non-hydrogen) atoms. The van der Waals surface area contributed by atoms with E-state index in [0.717, 1.165) is 42.4 Å². The number of fused-ring (bicyclic) bond motifs is 3. The lowest BCUT2D eigenvalue weighted by atomic mass is 9.44. The van der Waals surface area contributed by atoms with Crippen LogP contribution < -0.4 is 0 Å². The number of hydrogen-bond acceptors (Lipinski definition) is 5. The molecule has 2 aliphatic carbocycles. The van der Waals surface area contributed by atoms with Crippen molar-refractivity contribution in [3.8, 4) is 0 Å². The van der Waals surface area contributed by atoms with Gasteiger partial charge in [0.1, 0.15) is 12.2 Å². The zero-order valence-electron chi connectivity index (χ0n) is 26.1. The van der Waals surface area contributed by atoms with Crippen LogP contribution in [0.2, 0.25) is 0 Å². The molecule has 7 rings (SSSR count). The molecular weight excluding hydrogens is 548 g/mol. The molecule has 230 valence electrons. The summed E-state index contributed by atoms with van der Waals surface area (Å²) in [4.78, 5) is 12.5. The van der Waals surface area contributed by atoms with Gasteiger partial charge in [-0.3, -0.25) is 0 Å². The molecular formula is C39H44O5. The number of carbonyl (C=O) groups is 1. The van der Waals surface area contributed by atoms with E-state index < -0.39 is 17.1 Å². The highest BCUT2D eigenvalue weighted by atomic mass is 16.5. The lowest BCUT2D eigenvalue weighted by Gasteiger charge is -2.62. The number of ether oxygens (including phenoxy) is 3. The fourth-order valence-electron chi connectivity index (χ4n) is 9.62. The first-order valence-corrected chi connectivity index (χ1v) is 16.2. The van der Waals surface area contributed by atoms with E-state index in [1.807, 2.05) is 24.3 Å². The molecule has 0 amide bonds. The Labute approximate surface area is 261 Å². The number of benzene rings is 3. The molecule has 5 nitrogen and oxygen atoms in total. The Kier molecular flexibility index (Phi) is 7.35. The molecule has 0 bridgehead atoms. The van der Waals surface area contributed by atoms with E-state index in [1.165, 1.54) is 0 Å². The summed E-state index contributed by atoms with van der Waals surface area (Å²) in [5.74, 6) is 0.251. The van der Waals surface area contributed by atoms with E-state index >= 15 is 0 Å². The molecule has 4 aliphatic rings. The van der Waals surface area contributed by atoms with Crippen molar-refractivity contribution in [1.82, 2.24) is 0 Å². The predicted octanol–water partition coefficient (Wildman–Crippen LogP) is 7.22. The Morgan fingerprint density at radius 3 is 1.91 bits per heavy atom. The van der Waals surface area contributed by atoms with Crippen LogP contribution in [0.3, 0.4) is 0 Å². The van der Waals surface area contributed by atoms with Crippen LogP contribution in [0.4, 0.5) is 0 Å². The van der Waals surface area contributed by atoms with Crippen LogP contribution in [0, 0.1) is 22.7 Å². The van der Waals surface area contributed by atoms with Crippen molar-refractivity contribution in [3.63, 3.8) is 0 Å². The van der Waals surface area contributed by atoms with Gasteiger partial charge in [0.05, 0.1) is 30.0 Å². The maximum atomic E-state index is 12.5. The number of esters is 1. The van der Waals surface area contributed by atoms with Gasteiger partial charge in [-0.1, -0.05) is 105 Å². The molecule has 0 radical (unpaired) electrons. The van der Waals surface area contributed by atoms with Gasteiger partial charge in [-0.2, -0.15) is 0 Å². The van der Waals surface area contributed by atoms with Gasteiger partial charge in [-0.25, -0.2) is 4.79 Å². The summed E-state index contributed by atoms with van der Waals surface area (Å²) >= 11 is 0. The predicted molar refractivity (Wildman–Crippen MR) is 170 cm³/mol. The maximum absolute atomic E-state index is 12.5. The zero-order valence-corrected chi connectivity index (χ0v) is 26.1. The van der Waals surface area contributed by atoms with Crippen molar-refractivity contribution in [3.05, 3.63) is 119 Å². The average molecular weight is 593 g/mol. The maximum Gasteiger partial charge on any atom is 0.336 e. The molecule has 2 heterocycles. The average Bonchev–Trinajstić information content (AvgIpc) is 3.64. The van der Waals surface area contributed by atoms with Crippen LogP contribution in [0.25, 0.3) is 0 Å². The quantitative estimate of drug-likeness (QED) is 0.232. The molecule has 0 aromatic heterocycles. The molecule has 2 saturated carbocycles. The van der Waals surface area contributed by atoms with Crippen LogP contribution in [0.15, 0.2) is 103 Å². The summed E-state index contributed by atoms with van der Waals surface area (Å²) in [6.45, 7) is 7.64. The first kappa shape index (κ1) is 29.5. The van der Waals surface area contributed by atoms with Gasteiger partial charge >= 0.3 is 5.97 Å². The fourth-order valence-corrected chi connectivity index (χ4v) is 9.62. The summed E-state index contributed by atoms with van der Waals surface area (Å²) < 4.78 is 19.4. The van der Waals surface area contributed by atoms with E-state index in [9.17, 15) is 9.90 Å². The molecule has 1 unspecified atom stereocenters. The summed E-state index contributed by atoms with van der Waals surface area (Å²) in [7, 11) is 0. The second-order valence-electron chi connectivity index (χ2n) is 14.2. The summed E-state index contributed by atoms with van der Waals surface area (Å²) in [6.07, 6.45) is 5.44. The normalized spacial score (nSPS) is 35.0. The SMILES string of the molecule is C[C@]1(COC(c2ccccc2)(c2ccccc2)c2ccccc2)[C@H]2CC[C@@]3(C)OC(C4=CCOC4=O)C[C@H]3[C@]2(C)CC[C@H]1O. The minimum atomic E-state index is -0.847. The van der Waals surface area contributed by atoms with Crippen LogP contribution in [-0.4, -0.2) is 42.1 Å². The molecule has 0 spiro atoms. The van der Waals surface area contributed by atoms with Gasteiger partial charge in [0.25, 0.3) is 0 Å². The lowest BCUT2D eigenvalue weighted by Crippen LogP contribution is -2.61. The molecule has 3 aromatic rings. The van der Waals surface area contributed by atoms with Gasteiger partial charge in [0.2, 0.25) is 0 Å². The van der Waals surface area contributed by atoms with Crippen LogP contribution in [-0.2, 0) is 24.6 Å². The Hall–Kier alpha value is -3.25. The highest BCUT2D eigenvalue weighted by Gasteiger charge is 2.65. The first-order chi connectivity index (χ1) is 21.2. The van der Waals surface area contributed by atoms with Gasteiger partial charge in [-0.15, -0.1) is 0 Å². The molecule has 1 saturated heterocycles. The lowest BCUT2D eigenvalue weighted by molar-refractivity contribution is -0.210.